The molecule has 0 aliphatic carbocycles. The molecule has 72 valence electrons. The minimum Gasteiger partial charge on any atom is -0.447 e. The third-order valence-corrected chi connectivity index (χ3v) is 3.09. The molecular weight excluding hydrogens is 188 g/mol. The van der Waals surface area contributed by atoms with Crippen molar-refractivity contribution in [2.24, 2.45) is 0 Å². The summed E-state index contributed by atoms with van der Waals surface area (Å²) in [6, 6.07) is 10.5. The minimum atomic E-state index is -0.284. The molecule has 0 fully saturated rings. The SMILES string of the molecule is CCOC#CC=C[SiH2]c1ccccc1. The molecule has 1 aromatic carbocycles. The summed E-state index contributed by atoms with van der Waals surface area (Å²) in [5, 5.41) is 1.43. The van der Waals surface area contributed by atoms with Crippen molar-refractivity contribution in [2.75, 3.05) is 6.61 Å². The molecule has 2 heteroatoms. The summed E-state index contributed by atoms with van der Waals surface area (Å²) in [6.45, 7) is 2.58. The molecule has 0 amide bonds. The lowest BCUT2D eigenvalue weighted by Gasteiger charge is -1.91. The molecule has 0 unspecified atom stereocenters. The van der Waals surface area contributed by atoms with Crippen LogP contribution < -0.4 is 5.19 Å². The van der Waals surface area contributed by atoms with Crippen LogP contribution in [0.5, 0.6) is 0 Å². The fraction of sp³-hybridized carbons (Fsp3) is 0.167. The van der Waals surface area contributed by atoms with Gasteiger partial charge in [0.15, 0.2) is 0 Å². The monoisotopic (exact) mass is 202 g/mol. The molecule has 0 N–H and O–H groups in total. The zero-order chi connectivity index (χ0) is 10.1. The van der Waals surface area contributed by atoms with E-state index in [4.69, 9.17) is 4.74 Å². The van der Waals surface area contributed by atoms with Crippen LogP contribution >= 0.6 is 0 Å². The molecule has 0 saturated heterocycles. The zero-order valence-corrected chi connectivity index (χ0v) is 9.78. The van der Waals surface area contributed by atoms with Gasteiger partial charge in [0, 0.05) is 0 Å². The lowest BCUT2D eigenvalue weighted by molar-refractivity contribution is 0.299. The summed E-state index contributed by atoms with van der Waals surface area (Å²) in [5.41, 5.74) is 2.17. The van der Waals surface area contributed by atoms with Gasteiger partial charge in [-0.1, -0.05) is 41.2 Å². The third kappa shape index (κ3) is 4.54. The maximum atomic E-state index is 4.89. The average Bonchev–Trinajstić information content (AvgIpc) is 2.25. The Bertz CT molecular complexity index is 332. The van der Waals surface area contributed by atoms with E-state index in [-0.39, 0.29) is 9.52 Å². The number of allylic oxidation sites excluding steroid dienone is 1. The molecule has 1 nitrogen and oxygen atoms in total. The number of ether oxygens (including phenoxy) is 1. The van der Waals surface area contributed by atoms with E-state index in [1.54, 1.807) is 0 Å². The Balaban J connectivity index is 2.31. The molecular formula is C12H14OSi. The van der Waals surface area contributed by atoms with Crippen LogP contribution in [0.4, 0.5) is 0 Å². The highest BCUT2D eigenvalue weighted by Gasteiger charge is 1.84. The lowest BCUT2D eigenvalue weighted by Crippen LogP contribution is -2.09. The van der Waals surface area contributed by atoms with Crippen LogP contribution in [0.25, 0.3) is 0 Å². The summed E-state index contributed by atoms with van der Waals surface area (Å²) in [6.07, 6.45) is 4.49. The van der Waals surface area contributed by atoms with Crippen molar-refractivity contribution in [2.45, 2.75) is 6.92 Å². The molecule has 0 atom stereocenters. The van der Waals surface area contributed by atoms with E-state index in [2.05, 4.69) is 42.0 Å². The molecule has 0 spiro atoms. The van der Waals surface area contributed by atoms with Gasteiger partial charge in [-0.05, 0) is 18.9 Å². The maximum absolute atomic E-state index is 4.89. The second kappa shape index (κ2) is 6.99. The number of hydrogen-bond donors (Lipinski definition) is 0. The van der Waals surface area contributed by atoms with Gasteiger partial charge in [-0.2, -0.15) is 0 Å². The Kier molecular flexibility index (Phi) is 5.30. The predicted octanol–water partition coefficient (Wildman–Crippen LogP) is 0.992. The lowest BCUT2D eigenvalue weighted by atomic mass is 10.4. The van der Waals surface area contributed by atoms with Crippen molar-refractivity contribution in [3.8, 4) is 12.0 Å². The first-order valence-corrected chi connectivity index (χ1v) is 6.27. The largest absolute Gasteiger partial charge is 0.447 e. The fourth-order valence-electron chi connectivity index (χ4n) is 1.02. The van der Waals surface area contributed by atoms with E-state index in [1.807, 2.05) is 19.1 Å². The molecule has 1 rings (SSSR count). The molecule has 14 heavy (non-hydrogen) atoms. The quantitative estimate of drug-likeness (QED) is 0.525. The summed E-state index contributed by atoms with van der Waals surface area (Å²) in [5.74, 6) is 2.84. The van der Waals surface area contributed by atoms with Crippen LogP contribution in [0.3, 0.4) is 0 Å². The highest BCUT2D eigenvalue weighted by atomic mass is 28.2. The van der Waals surface area contributed by atoms with Gasteiger partial charge >= 0.3 is 0 Å². The molecule has 1 aromatic rings. The van der Waals surface area contributed by atoms with Crippen LogP contribution in [0.2, 0.25) is 0 Å². The van der Waals surface area contributed by atoms with E-state index in [0.29, 0.717) is 6.61 Å². The van der Waals surface area contributed by atoms with E-state index in [9.17, 15) is 0 Å². The van der Waals surface area contributed by atoms with Gasteiger partial charge in [-0.15, -0.1) is 0 Å². The number of rotatable bonds is 3. The molecule has 0 bridgehead atoms. The van der Waals surface area contributed by atoms with Crippen LogP contribution in [-0.2, 0) is 4.74 Å². The van der Waals surface area contributed by atoms with E-state index < -0.39 is 0 Å². The minimum absolute atomic E-state index is 0.284. The van der Waals surface area contributed by atoms with Gasteiger partial charge in [0.25, 0.3) is 0 Å². The molecule has 0 radical (unpaired) electrons. The summed E-state index contributed by atoms with van der Waals surface area (Å²) >= 11 is 0. The van der Waals surface area contributed by atoms with E-state index in [1.165, 1.54) is 5.19 Å². The Labute approximate surface area is 87.6 Å². The normalized spacial score (nSPS) is 10.4. The fourth-order valence-corrected chi connectivity index (χ4v) is 2.07. The molecule has 0 heterocycles. The Morgan fingerprint density at radius 1 is 1.36 bits per heavy atom. The summed E-state index contributed by atoms with van der Waals surface area (Å²) in [7, 11) is -0.284. The second-order valence-corrected chi connectivity index (χ2v) is 4.47. The van der Waals surface area contributed by atoms with Crippen molar-refractivity contribution in [3.05, 3.63) is 42.1 Å². The van der Waals surface area contributed by atoms with Crippen molar-refractivity contribution >= 4 is 14.7 Å². The second-order valence-electron chi connectivity index (χ2n) is 2.77. The highest BCUT2D eigenvalue weighted by molar-refractivity contribution is 6.58. The van der Waals surface area contributed by atoms with E-state index >= 15 is 0 Å². The van der Waals surface area contributed by atoms with Gasteiger partial charge in [-0.25, -0.2) is 0 Å². The maximum Gasteiger partial charge on any atom is 0.114 e. The third-order valence-electron chi connectivity index (χ3n) is 1.67. The number of benzene rings is 1. The topological polar surface area (TPSA) is 9.23 Å². The van der Waals surface area contributed by atoms with Crippen molar-refractivity contribution in [1.82, 2.24) is 0 Å². The molecule has 0 saturated carbocycles. The standard InChI is InChI=1S/C12H14OSi/c1-2-13-10-6-7-11-14-12-8-4-3-5-9-12/h3-5,7-9,11H,2,14H2,1H3. The van der Waals surface area contributed by atoms with Crippen molar-refractivity contribution < 1.29 is 4.74 Å². The van der Waals surface area contributed by atoms with Gasteiger partial charge in [0.1, 0.15) is 6.11 Å². The van der Waals surface area contributed by atoms with Gasteiger partial charge in [0.2, 0.25) is 0 Å². The summed E-state index contributed by atoms with van der Waals surface area (Å²) < 4.78 is 4.89. The molecule has 0 aliphatic rings. The van der Waals surface area contributed by atoms with Crippen molar-refractivity contribution in [1.29, 1.82) is 0 Å². The summed E-state index contributed by atoms with van der Waals surface area (Å²) in [4.78, 5) is 0. The average molecular weight is 202 g/mol. The van der Waals surface area contributed by atoms with Crippen LogP contribution in [0.1, 0.15) is 6.92 Å². The zero-order valence-electron chi connectivity index (χ0n) is 8.36. The van der Waals surface area contributed by atoms with E-state index in [0.717, 1.165) is 0 Å². The first-order chi connectivity index (χ1) is 6.93. The van der Waals surface area contributed by atoms with Crippen LogP contribution in [0, 0.1) is 12.0 Å². The first kappa shape index (κ1) is 10.6. The van der Waals surface area contributed by atoms with Gasteiger partial charge in [0.05, 0.1) is 16.1 Å². The van der Waals surface area contributed by atoms with Crippen molar-refractivity contribution in [3.63, 3.8) is 0 Å². The highest BCUT2D eigenvalue weighted by Crippen LogP contribution is 1.81. The van der Waals surface area contributed by atoms with Gasteiger partial charge in [-0.3, -0.25) is 0 Å². The Hall–Kier alpha value is -1.46. The Morgan fingerprint density at radius 2 is 2.14 bits per heavy atom. The Morgan fingerprint density at radius 3 is 2.86 bits per heavy atom. The smallest absolute Gasteiger partial charge is 0.114 e. The number of hydrogen-bond acceptors (Lipinski definition) is 1. The molecule has 0 aliphatic heterocycles. The molecule has 0 aromatic heterocycles. The first-order valence-electron chi connectivity index (χ1n) is 4.74. The van der Waals surface area contributed by atoms with Crippen LogP contribution in [0.15, 0.2) is 42.1 Å². The van der Waals surface area contributed by atoms with Crippen LogP contribution in [-0.4, -0.2) is 16.1 Å². The van der Waals surface area contributed by atoms with Gasteiger partial charge < -0.3 is 4.74 Å². The predicted molar refractivity (Wildman–Crippen MR) is 63.2 cm³/mol.